The van der Waals surface area contributed by atoms with Gasteiger partial charge in [-0.25, -0.2) is 4.79 Å². The zero-order valence-corrected chi connectivity index (χ0v) is 12.1. The molecule has 1 rings (SSSR count). The van der Waals surface area contributed by atoms with Crippen LogP contribution in [-0.4, -0.2) is 17.7 Å². The molecule has 1 amide bonds. The summed E-state index contributed by atoms with van der Waals surface area (Å²) in [6.45, 7) is 12.5. The maximum Gasteiger partial charge on any atom is 0.407 e. The van der Waals surface area contributed by atoms with E-state index < -0.39 is 5.60 Å². The molecule has 1 aliphatic carbocycles. The fourth-order valence-electron chi connectivity index (χ4n) is 2.36. The van der Waals surface area contributed by atoms with E-state index in [0.29, 0.717) is 11.5 Å². The van der Waals surface area contributed by atoms with Crippen molar-refractivity contribution < 1.29 is 9.53 Å². The molecule has 0 saturated heterocycles. The van der Waals surface area contributed by atoms with Gasteiger partial charge in [0.1, 0.15) is 5.60 Å². The third kappa shape index (κ3) is 5.94. The Bertz CT molecular complexity index is 267. The Hall–Kier alpha value is -0.730. The Kier molecular flexibility index (Phi) is 4.11. The van der Waals surface area contributed by atoms with Crippen molar-refractivity contribution >= 4 is 6.09 Å². The van der Waals surface area contributed by atoms with Gasteiger partial charge in [-0.05, 0) is 51.4 Å². The van der Waals surface area contributed by atoms with Gasteiger partial charge in [-0.3, -0.25) is 0 Å². The zero-order valence-electron chi connectivity index (χ0n) is 12.1. The number of carbonyl (C=O) groups excluding carboxylic acids is 1. The van der Waals surface area contributed by atoms with Crippen molar-refractivity contribution in [3.8, 4) is 0 Å². The molecule has 0 aliphatic heterocycles. The Morgan fingerprint density at radius 2 is 1.71 bits per heavy atom. The van der Waals surface area contributed by atoms with Crippen LogP contribution in [0.25, 0.3) is 0 Å². The lowest BCUT2D eigenvalue weighted by Crippen LogP contribution is -2.46. The molecule has 0 heterocycles. The van der Waals surface area contributed by atoms with Gasteiger partial charge in [-0.2, -0.15) is 0 Å². The highest BCUT2D eigenvalue weighted by Crippen LogP contribution is 2.37. The fraction of sp³-hybridized carbons (Fsp3) is 0.929. The summed E-state index contributed by atoms with van der Waals surface area (Å²) in [4.78, 5) is 11.5. The minimum atomic E-state index is -0.404. The van der Waals surface area contributed by atoms with Crippen LogP contribution in [0, 0.1) is 11.3 Å². The van der Waals surface area contributed by atoms with E-state index in [-0.39, 0.29) is 6.09 Å². The number of rotatable bonds is 2. The molecule has 0 spiro atoms. The first-order valence-electron chi connectivity index (χ1n) is 6.55. The summed E-state index contributed by atoms with van der Waals surface area (Å²) in [7, 11) is 0. The van der Waals surface area contributed by atoms with E-state index in [1.165, 1.54) is 6.42 Å². The lowest BCUT2D eigenvalue weighted by atomic mass is 9.72. The second kappa shape index (κ2) is 4.87. The molecule has 3 heteroatoms. The van der Waals surface area contributed by atoms with E-state index in [2.05, 4.69) is 26.1 Å². The van der Waals surface area contributed by atoms with Gasteiger partial charge in [0, 0.05) is 6.04 Å². The standard InChI is InChI=1S/C14H27NO2/c1-13(2,3)9-10-7-11(8-10)15-12(16)17-14(4,5)6/h10-11H,7-9H2,1-6H3,(H,15,16). The van der Waals surface area contributed by atoms with Gasteiger partial charge in [0.05, 0.1) is 0 Å². The summed E-state index contributed by atoms with van der Waals surface area (Å²) in [5.74, 6) is 0.759. The van der Waals surface area contributed by atoms with Crippen molar-refractivity contribution in [1.82, 2.24) is 5.32 Å². The van der Waals surface area contributed by atoms with Crippen LogP contribution in [0.2, 0.25) is 0 Å². The lowest BCUT2D eigenvalue weighted by Gasteiger charge is -2.39. The van der Waals surface area contributed by atoms with Gasteiger partial charge in [0.15, 0.2) is 0 Å². The predicted octanol–water partition coefficient (Wildman–Crippen LogP) is 3.73. The highest BCUT2D eigenvalue weighted by molar-refractivity contribution is 5.68. The van der Waals surface area contributed by atoms with Crippen molar-refractivity contribution in [2.24, 2.45) is 11.3 Å². The maximum absolute atomic E-state index is 11.5. The third-order valence-electron chi connectivity index (χ3n) is 2.86. The summed E-state index contributed by atoms with van der Waals surface area (Å²) in [5, 5.41) is 2.93. The first kappa shape index (κ1) is 14.3. The molecule has 0 unspecified atom stereocenters. The van der Waals surface area contributed by atoms with Crippen LogP contribution in [0.5, 0.6) is 0 Å². The van der Waals surface area contributed by atoms with Gasteiger partial charge in [0.25, 0.3) is 0 Å². The van der Waals surface area contributed by atoms with Crippen molar-refractivity contribution in [2.75, 3.05) is 0 Å². The molecule has 100 valence electrons. The minimum absolute atomic E-state index is 0.281. The summed E-state index contributed by atoms with van der Waals surface area (Å²) < 4.78 is 5.23. The molecule has 0 atom stereocenters. The van der Waals surface area contributed by atoms with Gasteiger partial charge in [0.2, 0.25) is 0 Å². The van der Waals surface area contributed by atoms with Gasteiger partial charge in [-0.1, -0.05) is 20.8 Å². The Balaban J connectivity index is 2.19. The second-order valence-electron chi connectivity index (χ2n) is 7.45. The number of amides is 1. The first-order valence-corrected chi connectivity index (χ1v) is 6.55. The molecule has 1 N–H and O–H groups in total. The molecule has 0 radical (unpaired) electrons. The molecule has 1 aliphatic rings. The average Bonchev–Trinajstić information content (AvgIpc) is 1.93. The molecule has 0 bridgehead atoms. The predicted molar refractivity (Wildman–Crippen MR) is 70.0 cm³/mol. The quantitative estimate of drug-likeness (QED) is 0.800. The molecule has 3 nitrogen and oxygen atoms in total. The smallest absolute Gasteiger partial charge is 0.407 e. The summed E-state index contributed by atoms with van der Waals surface area (Å²) in [5.41, 5.74) is -0.0137. The van der Waals surface area contributed by atoms with E-state index in [1.54, 1.807) is 0 Å². The van der Waals surface area contributed by atoms with Crippen LogP contribution >= 0.6 is 0 Å². The van der Waals surface area contributed by atoms with Crippen molar-refractivity contribution in [2.45, 2.75) is 72.4 Å². The van der Waals surface area contributed by atoms with E-state index in [1.807, 2.05) is 20.8 Å². The highest BCUT2D eigenvalue weighted by Gasteiger charge is 2.33. The topological polar surface area (TPSA) is 38.3 Å². The van der Waals surface area contributed by atoms with Crippen LogP contribution in [0.3, 0.4) is 0 Å². The van der Waals surface area contributed by atoms with E-state index in [0.717, 1.165) is 18.8 Å². The monoisotopic (exact) mass is 241 g/mol. The van der Waals surface area contributed by atoms with Crippen molar-refractivity contribution in [3.05, 3.63) is 0 Å². The second-order valence-corrected chi connectivity index (χ2v) is 7.45. The number of nitrogens with one attached hydrogen (secondary N) is 1. The Morgan fingerprint density at radius 1 is 1.18 bits per heavy atom. The van der Waals surface area contributed by atoms with E-state index >= 15 is 0 Å². The Labute approximate surface area is 105 Å². The molecular weight excluding hydrogens is 214 g/mol. The van der Waals surface area contributed by atoms with Gasteiger partial charge < -0.3 is 10.1 Å². The van der Waals surface area contributed by atoms with Crippen LogP contribution in [0.4, 0.5) is 4.79 Å². The summed E-state index contributed by atoms with van der Waals surface area (Å²) >= 11 is 0. The molecule has 1 fully saturated rings. The number of ether oxygens (including phenoxy) is 1. The molecule has 1 saturated carbocycles. The number of hydrogen-bond donors (Lipinski definition) is 1. The summed E-state index contributed by atoms with van der Waals surface area (Å²) in [6, 6.07) is 0.317. The van der Waals surface area contributed by atoms with Crippen molar-refractivity contribution in [3.63, 3.8) is 0 Å². The van der Waals surface area contributed by atoms with Crippen LogP contribution in [0.1, 0.15) is 60.8 Å². The zero-order chi connectivity index (χ0) is 13.3. The highest BCUT2D eigenvalue weighted by atomic mass is 16.6. The Morgan fingerprint density at radius 3 is 2.12 bits per heavy atom. The molecule has 0 aromatic rings. The van der Waals surface area contributed by atoms with Crippen LogP contribution in [0.15, 0.2) is 0 Å². The third-order valence-corrected chi connectivity index (χ3v) is 2.86. The average molecular weight is 241 g/mol. The molecule has 0 aromatic carbocycles. The van der Waals surface area contributed by atoms with E-state index in [4.69, 9.17) is 4.74 Å². The number of carbonyl (C=O) groups is 1. The number of hydrogen-bond acceptors (Lipinski definition) is 2. The molecular formula is C14H27NO2. The van der Waals surface area contributed by atoms with Crippen molar-refractivity contribution in [1.29, 1.82) is 0 Å². The summed E-state index contributed by atoms with van der Waals surface area (Å²) in [6.07, 6.45) is 3.14. The largest absolute Gasteiger partial charge is 0.444 e. The lowest BCUT2D eigenvalue weighted by molar-refractivity contribution is 0.0436. The first-order chi connectivity index (χ1) is 7.55. The maximum atomic E-state index is 11.5. The molecule has 17 heavy (non-hydrogen) atoms. The van der Waals surface area contributed by atoms with Crippen LogP contribution in [-0.2, 0) is 4.74 Å². The minimum Gasteiger partial charge on any atom is -0.444 e. The molecule has 0 aromatic heterocycles. The normalized spacial score (nSPS) is 25.1. The van der Waals surface area contributed by atoms with Gasteiger partial charge in [-0.15, -0.1) is 0 Å². The van der Waals surface area contributed by atoms with Gasteiger partial charge >= 0.3 is 6.09 Å². The number of alkyl carbamates (subject to hydrolysis) is 1. The fourth-order valence-corrected chi connectivity index (χ4v) is 2.36. The van der Waals surface area contributed by atoms with E-state index in [9.17, 15) is 4.79 Å². The van der Waals surface area contributed by atoms with Crippen LogP contribution < -0.4 is 5.32 Å². The SMILES string of the molecule is CC(C)(C)CC1CC(NC(=O)OC(C)(C)C)C1.